The van der Waals surface area contributed by atoms with Crippen LogP contribution in [0.5, 0.6) is 0 Å². The average Bonchev–Trinajstić information content (AvgIpc) is 2.88. The number of hydrogen-bond acceptors (Lipinski definition) is 2. The minimum absolute atomic E-state index is 0. The lowest BCUT2D eigenvalue weighted by Crippen LogP contribution is -1.93. The fourth-order valence-corrected chi connectivity index (χ4v) is 2.03. The van der Waals surface area contributed by atoms with Crippen LogP contribution in [0.25, 0.3) is 5.69 Å². The SMILES string of the molecule is Br.CCCCCCCc1cn(-c2ccccc2)nn1. The highest BCUT2D eigenvalue weighted by molar-refractivity contribution is 8.93. The molecular formula is C15H22BrN3. The average molecular weight is 324 g/mol. The van der Waals surface area contributed by atoms with Gasteiger partial charge in [0.05, 0.1) is 17.6 Å². The highest BCUT2D eigenvalue weighted by atomic mass is 79.9. The van der Waals surface area contributed by atoms with E-state index in [9.17, 15) is 0 Å². The fourth-order valence-electron chi connectivity index (χ4n) is 2.03. The lowest BCUT2D eigenvalue weighted by atomic mass is 10.1. The molecule has 0 spiro atoms. The van der Waals surface area contributed by atoms with Gasteiger partial charge in [-0.2, -0.15) is 0 Å². The molecule has 2 rings (SSSR count). The van der Waals surface area contributed by atoms with Crippen LogP contribution in [0.1, 0.15) is 44.7 Å². The van der Waals surface area contributed by atoms with E-state index in [0.717, 1.165) is 17.8 Å². The molecule has 0 aliphatic heterocycles. The van der Waals surface area contributed by atoms with Gasteiger partial charge < -0.3 is 0 Å². The van der Waals surface area contributed by atoms with Crippen molar-refractivity contribution in [3.8, 4) is 5.69 Å². The summed E-state index contributed by atoms with van der Waals surface area (Å²) in [6.07, 6.45) is 9.56. The Morgan fingerprint density at radius 2 is 1.74 bits per heavy atom. The first-order valence-corrected chi connectivity index (χ1v) is 6.87. The van der Waals surface area contributed by atoms with Crippen molar-refractivity contribution in [1.29, 1.82) is 0 Å². The van der Waals surface area contributed by atoms with Crippen LogP contribution in [-0.4, -0.2) is 15.0 Å². The largest absolute Gasteiger partial charge is 0.220 e. The van der Waals surface area contributed by atoms with E-state index in [4.69, 9.17) is 0 Å². The Balaban J connectivity index is 0.00000180. The maximum Gasteiger partial charge on any atom is 0.0831 e. The summed E-state index contributed by atoms with van der Waals surface area (Å²) in [5.74, 6) is 0. The Labute approximate surface area is 125 Å². The van der Waals surface area contributed by atoms with Gasteiger partial charge in [0.1, 0.15) is 0 Å². The van der Waals surface area contributed by atoms with Crippen LogP contribution in [0.3, 0.4) is 0 Å². The van der Waals surface area contributed by atoms with Gasteiger partial charge >= 0.3 is 0 Å². The molecule has 1 aromatic carbocycles. The van der Waals surface area contributed by atoms with Gasteiger partial charge in [0.25, 0.3) is 0 Å². The van der Waals surface area contributed by atoms with E-state index >= 15 is 0 Å². The standard InChI is InChI=1S/C15H21N3.BrH/c1-2-3-4-5-7-10-14-13-18(17-16-14)15-11-8-6-9-12-15;/h6,8-9,11-13H,2-5,7,10H2,1H3;1H. The van der Waals surface area contributed by atoms with Crippen LogP contribution in [-0.2, 0) is 6.42 Å². The summed E-state index contributed by atoms with van der Waals surface area (Å²) < 4.78 is 1.85. The lowest BCUT2D eigenvalue weighted by molar-refractivity contribution is 0.627. The van der Waals surface area contributed by atoms with Crippen molar-refractivity contribution in [3.05, 3.63) is 42.2 Å². The molecule has 0 fully saturated rings. The number of unbranched alkanes of at least 4 members (excludes halogenated alkanes) is 4. The number of rotatable bonds is 7. The molecule has 0 bridgehead atoms. The second-order valence-electron chi connectivity index (χ2n) is 4.65. The molecule has 3 nitrogen and oxygen atoms in total. The molecule has 1 aromatic heterocycles. The second-order valence-corrected chi connectivity index (χ2v) is 4.65. The molecule has 0 aliphatic carbocycles. The summed E-state index contributed by atoms with van der Waals surface area (Å²) in [5.41, 5.74) is 2.16. The molecule has 0 N–H and O–H groups in total. The van der Waals surface area contributed by atoms with Crippen LogP contribution in [0, 0.1) is 0 Å². The number of aryl methyl sites for hydroxylation is 1. The Kier molecular flexibility index (Phi) is 7.41. The van der Waals surface area contributed by atoms with Crippen molar-refractivity contribution in [1.82, 2.24) is 15.0 Å². The summed E-state index contributed by atoms with van der Waals surface area (Å²) in [6.45, 7) is 2.24. The second kappa shape index (κ2) is 8.86. The molecule has 0 saturated heterocycles. The monoisotopic (exact) mass is 323 g/mol. The van der Waals surface area contributed by atoms with Crippen molar-refractivity contribution in [2.24, 2.45) is 0 Å². The molecule has 4 heteroatoms. The summed E-state index contributed by atoms with van der Waals surface area (Å²) in [4.78, 5) is 0. The summed E-state index contributed by atoms with van der Waals surface area (Å²) >= 11 is 0. The fraction of sp³-hybridized carbons (Fsp3) is 0.467. The highest BCUT2D eigenvalue weighted by Gasteiger charge is 2.02. The first-order valence-electron chi connectivity index (χ1n) is 6.87. The van der Waals surface area contributed by atoms with Gasteiger partial charge in [-0.3, -0.25) is 0 Å². The number of para-hydroxylation sites is 1. The van der Waals surface area contributed by atoms with Crippen LogP contribution in [0.4, 0.5) is 0 Å². The number of benzene rings is 1. The predicted octanol–water partition coefficient (Wildman–Crippen LogP) is 4.36. The molecule has 19 heavy (non-hydrogen) atoms. The van der Waals surface area contributed by atoms with E-state index in [1.807, 2.05) is 41.2 Å². The first-order chi connectivity index (χ1) is 8.90. The summed E-state index contributed by atoms with van der Waals surface area (Å²) in [6, 6.07) is 10.1. The van der Waals surface area contributed by atoms with E-state index < -0.39 is 0 Å². The molecule has 0 saturated carbocycles. The molecule has 2 aromatic rings. The molecule has 104 valence electrons. The topological polar surface area (TPSA) is 30.7 Å². The van der Waals surface area contributed by atoms with Crippen LogP contribution >= 0.6 is 17.0 Å². The smallest absolute Gasteiger partial charge is 0.0831 e. The van der Waals surface area contributed by atoms with Gasteiger partial charge in [0.2, 0.25) is 0 Å². The van der Waals surface area contributed by atoms with E-state index in [1.54, 1.807) is 0 Å². The van der Waals surface area contributed by atoms with Crippen molar-refractivity contribution < 1.29 is 0 Å². The van der Waals surface area contributed by atoms with Crippen molar-refractivity contribution >= 4 is 17.0 Å². The molecule has 0 aliphatic rings. The Bertz CT molecular complexity index is 453. The zero-order valence-electron chi connectivity index (χ0n) is 11.5. The van der Waals surface area contributed by atoms with Crippen molar-refractivity contribution in [2.45, 2.75) is 45.4 Å². The third-order valence-electron chi connectivity index (χ3n) is 3.10. The molecular weight excluding hydrogens is 302 g/mol. The molecule has 0 amide bonds. The first kappa shape index (κ1) is 15.9. The minimum Gasteiger partial charge on any atom is -0.220 e. The molecule has 0 atom stereocenters. The third kappa shape index (κ3) is 5.15. The maximum absolute atomic E-state index is 4.22. The van der Waals surface area contributed by atoms with E-state index in [-0.39, 0.29) is 17.0 Å². The van der Waals surface area contributed by atoms with E-state index in [0.29, 0.717) is 0 Å². The van der Waals surface area contributed by atoms with Gasteiger partial charge in [0.15, 0.2) is 0 Å². The normalized spacial score (nSPS) is 10.2. The van der Waals surface area contributed by atoms with Gasteiger partial charge in [-0.05, 0) is 25.0 Å². The molecule has 1 heterocycles. The molecule has 0 radical (unpaired) electrons. The Morgan fingerprint density at radius 3 is 2.47 bits per heavy atom. The highest BCUT2D eigenvalue weighted by Crippen LogP contribution is 2.09. The minimum atomic E-state index is 0. The predicted molar refractivity (Wildman–Crippen MR) is 84.1 cm³/mol. The van der Waals surface area contributed by atoms with E-state index in [1.165, 1.54) is 32.1 Å². The zero-order chi connectivity index (χ0) is 12.6. The summed E-state index contributed by atoms with van der Waals surface area (Å²) in [5, 5.41) is 8.39. The lowest BCUT2D eigenvalue weighted by Gasteiger charge is -1.98. The van der Waals surface area contributed by atoms with Gasteiger partial charge in [0, 0.05) is 0 Å². The zero-order valence-corrected chi connectivity index (χ0v) is 13.2. The number of hydrogen-bond donors (Lipinski definition) is 0. The molecule has 0 unspecified atom stereocenters. The number of aromatic nitrogens is 3. The Hall–Kier alpha value is -1.16. The van der Waals surface area contributed by atoms with Gasteiger partial charge in [-0.1, -0.05) is 56.0 Å². The quantitative estimate of drug-likeness (QED) is 0.709. The van der Waals surface area contributed by atoms with Crippen LogP contribution in [0.15, 0.2) is 36.5 Å². The van der Waals surface area contributed by atoms with Crippen LogP contribution in [0.2, 0.25) is 0 Å². The van der Waals surface area contributed by atoms with Gasteiger partial charge in [-0.15, -0.1) is 22.1 Å². The van der Waals surface area contributed by atoms with E-state index in [2.05, 4.69) is 17.2 Å². The Morgan fingerprint density at radius 1 is 1.00 bits per heavy atom. The third-order valence-corrected chi connectivity index (χ3v) is 3.10. The summed E-state index contributed by atoms with van der Waals surface area (Å²) in [7, 11) is 0. The van der Waals surface area contributed by atoms with Gasteiger partial charge in [-0.25, -0.2) is 4.68 Å². The van der Waals surface area contributed by atoms with Crippen molar-refractivity contribution in [2.75, 3.05) is 0 Å². The van der Waals surface area contributed by atoms with Crippen molar-refractivity contribution in [3.63, 3.8) is 0 Å². The number of nitrogens with zero attached hydrogens (tertiary/aromatic N) is 3. The van der Waals surface area contributed by atoms with Crippen LogP contribution < -0.4 is 0 Å². The number of halogens is 1. The maximum atomic E-state index is 4.22.